The van der Waals surface area contributed by atoms with Crippen LogP contribution >= 0.6 is 0 Å². The van der Waals surface area contributed by atoms with Gasteiger partial charge in [-0.25, -0.2) is 0 Å². The number of rotatable bonds is 5. The summed E-state index contributed by atoms with van der Waals surface area (Å²) in [5.74, 6) is 2.04. The van der Waals surface area contributed by atoms with Gasteiger partial charge in [-0.2, -0.15) is 0 Å². The Morgan fingerprint density at radius 3 is 2.58 bits per heavy atom. The van der Waals surface area contributed by atoms with Gasteiger partial charge in [0.15, 0.2) is 0 Å². The van der Waals surface area contributed by atoms with Crippen LogP contribution in [0.5, 0.6) is 0 Å². The van der Waals surface area contributed by atoms with Gasteiger partial charge >= 0.3 is 0 Å². The number of aromatic amines is 1. The van der Waals surface area contributed by atoms with Crippen molar-refractivity contribution in [3.8, 4) is 0 Å². The minimum Gasteiger partial charge on any atom is -0.361 e. The van der Waals surface area contributed by atoms with E-state index >= 15 is 0 Å². The Hall–Kier alpha value is -3.45. The summed E-state index contributed by atoms with van der Waals surface area (Å²) in [4.78, 5) is 19.1. The number of H-pyrrole nitrogens is 1. The average Bonchev–Trinajstić information content (AvgIpc) is 3.46. The lowest BCUT2D eigenvalue weighted by molar-refractivity contribution is 0.207. The van der Waals surface area contributed by atoms with E-state index < -0.39 is 0 Å². The maximum atomic E-state index is 13.2. The van der Waals surface area contributed by atoms with E-state index in [2.05, 4.69) is 50.5 Å². The highest BCUT2D eigenvalue weighted by molar-refractivity contribution is 5.83. The van der Waals surface area contributed by atoms with E-state index in [1.54, 1.807) is 4.57 Å². The first kappa shape index (κ1) is 20.2. The number of hydrogen-bond acceptors (Lipinski definition) is 4. The molecule has 168 valence electrons. The third-order valence-corrected chi connectivity index (χ3v) is 7.17. The molecule has 0 radical (unpaired) electrons. The number of nitrogens with one attached hydrogen (secondary N) is 1. The topological polar surface area (TPSA) is 71.2 Å². The smallest absolute Gasteiger partial charge is 0.262 e. The molecule has 0 amide bonds. The third-order valence-electron chi connectivity index (χ3n) is 7.17. The summed E-state index contributed by atoms with van der Waals surface area (Å²) < 4.78 is 3.78. The van der Waals surface area contributed by atoms with Gasteiger partial charge in [0.1, 0.15) is 5.82 Å². The molecule has 0 saturated carbocycles. The monoisotopic (exact) mass is 440 g/mol. The summed E-state index contributed by atoms with van der Waals surface area (Å²) in [6.45, 7) is 5.75. The minimum atomic E-state index is 0.0172. The fraction of sp³-hybridized carbons (Fsp3) is 0.346. The number of aryl methyl sites for hydroxylation is 2. The minimum absolute atomic E-state index is 0.0172. The Labute approximate surface area is 191 Å². The second kappa shape index (κ2) is 8.15. The van der Waals surface area contributed by atoms with E-state index in [4.69, 9.17) is 0 Å². The molecule has 1 aliphatic heterocycles. The van der Waals surface area contributed by atoms with Gasteiger partial charge in [0.2, 0.25) is 5.78 Å². The maximum Gasteiger partial charge on any atom is 0.262 e. The summed E-state index contributed by atoms with van der Waals surface area (Å²) in [6.07, 6.45) is 5.46. The molecule has 2 aromatic carbocycles. The number of hydrogen-bond donors (Lipinski definition) is 1. The number of para-hydroxylation sites is 2. The number of likely N-dealkylation sites (tertiary alicyclic amines) is 1. The van der Waals surface area contributed by atoms with Crippen molar-refractivity contribution in [1.29, 1.82) is 0 Å². The van der Waals surface area contributed by atoms with E-state index in [9.17, 15) is 4.79 Å². The Kier molecular flexibility index (Phi) is 4.99. The molecular formula is C26H28N6O. The molecule has 0 atom stereocenters. The van der Waals surface area contributed by atoms with Gasteiger partial charge in [0, 0.05) is 23.6 Å². The number of benzene rings is 2. The summed E-state index contributed by atoms with van der Waals surface area (Å²) in [5, 5.41) is 10.6. The maximum absolute atomic E-state index is 13.2. The Morgan fingerprint density at radius 1 is 0.970 bits per heavy atom. The first-order valence-electron chi connectivity index (χ1n) is 11.8. The molecule has 7 nitrogen and oxygen atoms in total. The van der Waals surface area contributed by atoms with Crippen molar-refractivity contribution < 1.29 is 0 Å². The molecule has 1 N–H and O–H groups in total. The van der Waals surface area contributed by atoms with Gasteiger partial charge in [-0.1, -0.05) is 30.3 Å². The van der Waals surface area contributed by atoms with Crippen LogP contribution in [0, 0.1) is 6.92 Å². The third kappa shape index (κ3) is 3.43. The highest BCUT2D eigenvalue weighted by Gasteiger charge is 2.23. The van der Waals surface area contributed by atoms with E-state index in [1.165, 1.54) is 29.3 Å². The Balaban J connectivity index is 1.14. The molecule has 0 bridgehead atoms. The highest BCUT2D eigenvalue weighted by Crippen LogP contribution is 2.33. The fourth-order valence-electron chi connectivity index (χ4n) is 5.45. The van der Waals surface area contributed by atoms with Crippen LogP contribution in [0.4, 0.5) is 0 Å². The zero-order chi connectivity index (χ0) is 22.4. The molecule has 3 aromatic heterocycles. The van der Waals surface area contributed by atoms with Crippen molar-refractivity contribution in [3.05, 3.63) is 76.5 Å². The summed E-state index contributed by atoms with van der Waals surface area (Å²) in [6, 6.07) is 16.3. The van der Waals surface area contributed by atoms with E-state index in [1.807, 2.05) is 35.6 Å². The van der Waals surface area contributed by atoms with Gasteiger partial charge < -0.3 is 9.88 Å². The van der Waals surface area contributed by atoms with E-state index in [0.29, 0.717) is 23.6 Å². The van der Waals surface area contributed by atoms with Crippen LogP contribution in [0.3, 0.4) is 0 Å². The largest absolute Gasteiger partial charge is 0.361 e. The van der Waals surface area contributed by atoms with Crippen LogP contribution in [0.15, 0.2) is 59.5 Å². The molecule has 4 heterocycles. The molecule has 33 heavy (non-hydrogen) atoms. The zero-order valence-corrected chi connectivity index (χ0v) is 18.9. The number of aromatic nitrogens is 5. The highest BCUT2D eigenvalue weighted by atomic mass is 16.1. The van der Waals surface area contributed by atoms with E-state index in [0.717, 1.165) is 37.4 Å². The Morgan fingerprint density at radius 2 is 1.73 bits per heavy atom. The predicted molar refractivity (Wildman–Crippen MR) is 131 cm³/mol. The van der Waals surface area contributed by atoms with Crippen molar-refractivity contribution in [2.75, 3.05) is 19.6 Å². The number of nitrogens with zero attached hydrogens (tertiary/aromatic N) is 5. The molecule has 1 fully saturated rings. The molecule has 5 aromatic rings. The van der Waals surface area contributed by atoms with Gasteiger partial charge in [-0.05, 0) is 75.5 Å². The van der Waals surface area contributed by atoms with Crippen molar-refractivity contribution in [1.82, 2.24) is 29.0 Å². The number of piperidine rings is 1. The van der Waals surface area contributed by atoms with Crippen LogP contribution in [0.25, 0.3) is 27.6 Å². The molecule has 6 rings (SSSR count). The van der Waals surface area contributed by atoms with Crippen LogP contribution in [0.2, 0.25) is 0 Å². The molecule has 0 unspecified atom stereocenters. The van der Waals surface area contributed by atoms with Crippen LogP contribution in [-0.4, -0.2) is 48.7 Å². The lowest BCUT2D eigenvalue weighted by Gasteiger charge is -2.32. The second-order valence-corrected chi connectivity index (χ2v) is 9.12. The van der Waals surface area contributed by atoms with Crippen LogP contribution in [0.1, 0.15) is 36.6 Å². The van der Waals surface area contributed by atoms with Crippen LogP contribution in [-0.2, 0) is 6.54 Å². The molecule has 7 heteroatoms. The second-order valence-electron chi connectivity index (χ2n) is 9.12. The predicted octanol–water partition coefficient (Wildman–Crippen LogP) is 4.10. The first-order chi connectivity index (χ1) is 16.2. The molecule has 1 saturated heterocycles. The van der Waals surface area contributed by atoms with Crippen LogP contribution < -0.4 is 5.56 Å². The Bertz CT molecular complexity index is 1500. The standard InChI is InChI=1S/C26H28N6O/c1-18-28-29-26-31(25(33)21-8-3-5-10-24(21)32(18)26)14-6-13-30-15-11-19(12-16-30)22-17-27-23-9-4-2-7-20(22)23/h2-5,7-10,17,19,27H,6,11-16H2,1H3. The lowest BCUT2D eigenvalue weighted by Crippen LogP contribution is -2.34. The zero-order valence-electron chi connectivity index (χ0n) is 18.9. The quantitative estimate of drug-likeness (QED) is 0.447. The van der Waals surface area contributed by atoms with Gasteiger partial charge in [-0.3, -0.25) is 13.8 Å². The van der Waals surface area contributed by atoms with Crippen molar-refractivity contribution >= 4 is 27.6 Å². The van der Waals surface area contributed by atoms with Crippen molar-refractivity contribution in [2.24, 2.45) is 0 Å². The normalized spacial score (nSPS) is 15.8. The number of fused-ring (bicyclic) bond motifs is 4. The summed E-state index contributed by atoms with van der Waals surface area (Å²) in [5.41, 5.74) is 3.57. The van der Waals surface area contributed by atoms with Gasteiger partial charge in [-0.15, -0.1) is 10.2 Å². The first-order valence-corrected chi connectivity index (χ1v) is 11.8. The van der Waals surface area contributed by atoms with E-state index in [-0.39, 0.29) is 5.56 Å². The summed E-state index contributed by atoms with van der Waals surface area (Å²) in [7, 11) is 0. The van der Waals surface area contributed by atoms with Gasteiger partial charge in [0.25, 0.3) is 5.56 Å². The van der Waals surface area contributed by atoms with Gasteiger partial charge in [0.05, 0.1) is 10.9 Å². The van der Waals surface area contributed by atoms with Crippen molar-refractivity contribution in [2.45, 2.75) is 38.6 Å². The summed E-state index contributed by atoms with van der Waals surface area (Å²) >= 11 is 0. The molecule has 1 aliphatic rings. The molecular weight excluding hydrogens is 412 g/mol. The average molecular weight is 441 g/mol. The molecule has 0 aliphatic carbocycles. The van der Waals surface area contributed by atoms with Crippen molar-refractivity contribution in [3.63, 3.8) is 0 Å². The lowest BCUT2D eigenvalue weighted by atomic mass is 9.89. The molecule has 0 spiro atoms. The fourth-order valence-corrected chi connectivity index (χ4v) is 5.45. The SMILES string of the molecule is Cc1nnc2n(CCCN3CCC(c4c[nH]c5ccccc45)CC3)c(=O)c3ccccc3n12.